The standard InChI is InChI=1S/C15H30F2N2/c1-13(2,3)15(16,17)7-8-18-9-11-19(12-10-18)14(4,5)6/h7-12H2,1-6H3. The molecule has 0 spiro atoms. The van der Waals surface area contributed by atoms with Crippen molar-refractivity contribution in [3.05, 3.63) is 0 Å². The number of hydrogen-bond acceptors (Lipinski definition) is 2. The van der Waals surface area contributed by atoms with Crippen LogP contribution < -0.4 is 0 Å². The average molecular weight is 276 g/mol. The van der Waals surface area contributed by atoms with Gasteiger partial charge in [-0.25, -0.2) is 8.78 Å². The predicted octanol–water partition coefficient (Wildman–Crippen LogP) is 3.47. The maximum absolute atomic E-state index is 13.9. The summed E-state index contributed by atoms with van der Waals surface area (Å²) in [5.74, 6) is -2.59. The van der Waals surface area contributed by atoms with Gasteiger partial charge in [-0.3, -0.25) is 4.90 Å². The van der Waals surface area contributed by atoms with Crippen molar-refractivity contribution < 1.29 is 8.78 Å². The van der Waals surface area contributed by atoms with E-state index in [0.717, 1.165) is 26.2 Å². The van der Waals surface area contributed by atoms with Crippen LogP contribution in [0.1, 0.15) is 48.0 Å². The summed E-state index contributed by atoms with van der Waals surface area (Å²) in [4.78, 5) is 4.59. The Morgan fingerprint density at radius 3 is 1.68 bits per heavy atom. The third kappa shape index (κ3) is 4.67. The molecule has 1 aliphatic rings. The van der Waals surface area contributed by atoms with Crippen LogP contribution in [0.2, 0.25) is 0 Å². The zero-order chi connectivity index (χ0) is 14.9. The zero-order valence-corrected chi connectivity index (χ0v) is 13.4. The van der Waals surface area contributed by atoms with Gasteiger partial charge in [0.2, 0.25) is 0 Å². The second kappa shape index (κ2) is 5.65. The third-order valence-electron chi connectivity index (χ3n) is 4.16. The largest absolute Gasteiger partial charge is 0.301 e. The second-order valence-corrected chi connectivity index (χ2v) is 7.70. The molecule has 0 radical (unpaired) electrons. The van der Waals surface area contributed by atoms with Gasteiger partial charge in [0.1, 0.15) is 0 Å². The topological polar surface area (TPSA) is 6.48 Å². The number of alkyl halides is 2. The number of halogens is 2. The van der Waals surface area contributed by atoms with Gasteiger partial charge in [0.05, 0.1) is 0 Å². The van der Waals surface area contributed by atoms with Gasteiger partial charge in [-0.1, -0.05) is 20.8 Å². The molecule has 1 saturated heterocycles. The van der Waals surface area contributed by atoms with E-state index in [9.17, 15) is 8.78 Å². The molecule has 4 heteroatoms. The predicted molar refractivity (Wildman–Crippen MR) is 76.8 cm³/mol. The molecule has 0 saturated carbocycles. The summed E-state index contributed by atoms with van der Waals surface area (Å²) in [6.45, 7) is 15.7. The highest BCUT2D eigenvalue weighted by Crippen LogP contribution is 2.38. The molecule has 19 heavy (non-hydrogen) atoms. The fourth-order valence-corrected chi connectivity index (χ4v) is 2.32. The first-order valence-corrected chi connectivity index (χ1v) is 7.29. The molecule has 0 aliphatic carbocycles. The molecule has 0 bridgehead atoms. The van der Waals surface area contributed by atoms with Gasteiger partial charge in [-0.2, -0.15) is 0 Å². The van der Waals surface area contributed by atoms with Gasteiger partial charge in [0, 0.05) is 50.1 Å². The fourth-order valence-electron chi connectivity index (χ4n) is 2.32. The van der Waals surface area contributed by atoms with Crippen LogP contribution in [0.25, 0.3) is 0 Å². The lowest BCUT2D eigenvalue weighted by atomic mass is 9.86. The zero-order valence-electron chi connectivity index (χ0n) is 13.4. The Bertz CT molecular complexity index is 282. The number of rotatable bonds is 3. The van der Waals surface area contributed by atoms with Crippen molar-refractivity contribution in [3.63, 3.8) is 0 Å². The third-order valence-corrected chi connectivity index (χ3v) is 4.16. The minimum atomic E-state index is -2.59. The van der Waals surface area contributed by atoms with E-state index in [1.165, 1.54) is 0 Å². The molecule has 2 nitrogen and oxygen atoms in total. The first-order chi connectivity index (χ1) is 8.43. The van der Waals surface area contributed by atoms with Crippen molar-refractivity contribution >= 4 is 0 Å². The van der Waals surface area contributed by atoms with Gasteiger partial charge < -0.3 is 4.90 Å². The van der Waals surface area contributed by atoms with E-state index >= 15 is 0 Å². The van der Waals surface area contributed by atoms with E-state index in [2.05, 4.69) is 30.6 Å². The Hall–Kier alpha value is -0.220. The van der Waals surface area contributed by atoms with Crippen LogP contribution in [0.3, 0.4) is 0 Å². The normalized spacial score (nSPS) is 20.8. The summed E-state index contributed by atoms with van der Waals surface area (Å²) in [5.41, 5.74) is -0.762. The molecular formula is C15H30F2N2. The Morgan fingerprint density at radius 2 is 1.32 bits per heavy atom. The summed E-state index contributed by atoms with van der Waals surface area (Å²) in [6, 6.07) is 0. The molecule has 0 aromatic rings. The summed E-state index contributed by atoms with van der Waals surface area (Å²) >= 11 is 0. The van der Waals surface area contributed by atoms with Gasteiger partial charge in [-0.15, -0.1) is 0 Å². The van der Waals surface area contributed by atoms with Crippen molar-refractivity contribution in [1.82, 2.24) is 9.80 Å². The van der Waals surface area contributed by atoms with Gasteiger partial charge >= 0.3 is 0 Å². The second-order valence-electron chi connectivity index (χ2n) is 7.70. The molecule has 1 fully saturated rings. The molecule has 0 N–H and O–H groups in total. The van der Waals surface area contributed by atoms with Crippen LogP contribution in [-0.4, -0.2) is 54.0 Å². The SMILES string of the molecule is CC(C)(C)N1CCN(CCC(F)(F)C(C)(C)C)CC1. The molecule has 0 unspecified atom stereocenters. The summed E-state index contributed by atoms with van der Waals surface area (Å²) in [6.07, 6.45) is -0.0357. The van der Waals surface area contributed by atoms with Crippen molar-refractivity contribution in [2.75, 3.05) is 32.7 Å². The highest BCUT2D eigenvalue weighted by atomic mass is 19.3. The van der Waals surface area contributed by atoms with Crippen LogP contribution in [0.5, 0.6) is 0 Å². The molecule has 1 heterocycles. The maximum atomic E-state index is 13.9. The van der Waals surface area contributed by atoms with Crippen LogP contribution >= 0.6 is 0 Å². The lowest BCUT2D eigenvalue weighted by molar-refractivity contribution is -0.108. The van der Waals surface area contributed by atoms with E-state index in [1.807, 2.05) is 0 Å². The number of piperazine rings is 1. The van der Waals surface area contributed by atoms with Crippen molar-refractivity contribution in [3.8, 4) is 0 Å². The Kier molecular flexibility index (Phi) is 5.00. The van der Waals surface area contributed by atoms with Crippen LogP contribution in [0.15, 0.2) is 0 Å². The summed E-state index contributed by atoms with van der Waals surface area (Å²) < 4.78 is 27.8. The van der Waals surface area contributed by atoms with Gasteiger partial charge in [-0.05, 0) is 20.8 Å². The quantitative estimate of drug-likeness (QED) is 0.779. The molecular weight excluding hydrogens is 246 g/mol. The molecule has 0 amide bonds. The Labute approximate surface area is 117 Å². The first-order valence-electron chi connectivity index (χ1n) is 7.29. The Balaban J connectivity index is 2.39. The van der Waals surface area contributed by atoms with Crippen LogP contribution in [0.4, 0.5) is 8.78 Å². The van der Waals surface area contributed by atoms with Gasteiger partial charge in [0.15, 0.2) is 0 Å². The van der Waals surface area contributed by atoms with Crippen molar-refractivity contribution in [1.29, 1.82) is 0 Å². The average Bonchev–Trinajstić information content (AvgIpc) is 2.24. The summed E-state index contributed by atoms with van der Waals surface area (Å²) in [7, 11) is 0. The van der Waals surface area contributed by atoms with E-state index in [4.69, 9.17) is 0 Å². The monoisotopic (exact) mass is 276 g/mol. The number of nitrogens with zero attached hydrogens (tertiary/aromatic N) is 2. The van der Waals surface area contributed by atoms with E-state index < -0.39 is 11.3 Å². The van der Waals surface area contributed by atoms with Gasteiger partial charge in [0.25, 0.3) is 5.92 Å². The molecule has 0 aromatic carbocycles. The van der Waals surface area contributed by atoms with Crippen molar-refractivity contribution in [2.24, 2.45) is 5.41 Å². The highest BCUT2D eigenvalue weighted by Gasteiger charge is 2.42. The maximum Gasteiger partial charge on any atom is 0.254 e. The molecule has 114 valence electrons. The minimum Gasteiger partial charge on any atom is -0.301 e. The smallest absolute Gasteiger partial charge is 0.254 e. The van der Waals surface area contributed by atoms with E-state index in [1.54, 1.807) is 20.8 Å². The highest BCUT2D eigenvalue weighted by molar-refractivity contribution is 4.85. The molecule has 0 atom stereocenters. The fraction of sp³-hybridized carbons (Fsp3) is 1.00. The first kappa shape index (κ1) is 16.8. The van der Waals surface area contributed by atoms with Crippen molar-refractivity contribution in [2.45, 2.75) is 59.4 Å². The molecule has 1 aliphatic heterocycles. The summed E-state index contributed by atoms with van der Waals surface area (Å²) in [5, 5.41) is 0. The Morgan fingerprint density at radius 1 is 0.842 bits per heavy atom. The van der Waals surface area contributed by atoms with Crippen LogP contribution in [-0.2, 0) is 0 Å². The lowest BCUT2D eigenvalue weighted by Crippen LogP contribution is -2.54. The molecule has 0 aromatic heterocycles. The van der Waals surface area contributed by atoms with E-state index in [0.29, 0.717) is 6.54 Å². The van der Waals surface area contributed by atoms with E-state index in [-0.39, 0.29) is 12.0 Å². The minimum absolute atomic E-state index is 0.0357. The molecule has 1 rings (SSSR count). The lowest BCUT2D eigenvalue weighted by Gasteiger charge is -2.43. The van der Waals surface area contributed by atoms with Crippen LogP contribution in [0, 0.1) is 5.41 Å². The number of hydrogen-bond donors (Lipinski definition) is 0.